The van der Waals surface area contributed by atoms with Gasteiger partial charge in [0.1, 0.15) is 5.82 Å². The first-order valence-electron chi connectivity index (χ1n) is 9.86. The minimum atomic E-state index is 0.535. The molecule has 2 aromatic carbocycles. The predicted octanol–water partition coefficient (Wildman–Crippen LogP) is 4.14. The van der Waals surface area contributed by atoms with Gasteiger partial charge in [-0.25, -0.2) is 0 Å². The van der Waals surface area contributed by atoms with Crippen LogP contribution in [-0.4, -0.2) is 39.3 Å². The van der Waals surface area contributed by atoms with Gasteiger partial charge in [0, 0.05) is 12.1 Å². The number of hydrogen-bond acceptors (Lipinski definition) is 6. The molecule has 7 nitrogen and oxygen atoms in total. The van der Waals surface area contributed by atoms with Gasteiger partial charge in [-0.2, -0.15) is 0 Å². The van der Waals surface area contributed by atoms with Gasteiger partial charge < -0.3 is 29.2 Å². The summed E-state index contributed by atoms with van der Waals surface area (Å²) in [6.45, 7) is 2.45. The molecule has 0 bridgehead atoms. The number of aryl methyl sites for hydroxylation is 1. The van der Waals surface area contributed by atoms with E-state index in [-0.39, 0.29) is 0 Å². The van der Waals surface area contributed by atoms with Crippen molar-refractivity contribution in [2.75, 3.05) is 34.2 Å². The number of nitrogens with zero attached hydrogens (tertiary/aromatic N) is 1. The zero-order chi connectivity index (χ0) is 22.5. The molecule has 7 heteroatoms. The van der Waals surface area contributed by atoms with Crippen molar-refractivity contribution in [2.24, 2.45) is 0 Å². The zero-order valence-corrected chi connectivity index (χ0v) is 18.5. The molecule has 0 aliphatic rings. The molecule has 1 heterocycles. The first-order chi connectivity index (χ1) is 15.0. The minimum Gasteiger partial charge on any atom is -0.493 e. The molecule has 0 fully saturated rings. The molecule has 3 rings (SSSR count). The van der Waals surface area contributed by atoms with E-state index in [9.17, 15) is 4.79 Å². The van der Waals surface area contributed by atoms with Gasteiger partial charge in [-0.15, -0.1) is 0 Å². The molecular weight excluding hydrogens is 396 g/mol. The monoisotopic (exact) mass is 424 g/mol. The van der Waals surface area contributed by atoms with Crippen molar-refractivity contribution in [3.63, 3.8) is 0 Å². The predicted molar refractivity (Wildman–Crippen MR) is 121 cm³/mol. The molecular formula is C24H28N2O5. The fourth-order valence-corrected chi connectivity index (χ4v) is 3.81. The lowest BCUT2D eigenvalue weighted by Crippen LogP contribution is -2.09. The number of benzene rings is 2. The number of carbonyl (C=O) groups is 1. The van der Waals surface area contributed by atoms with Gasteiger partial charge in [0.05, 0.1) is 34.1 Å². The summed E-state index contributed by atoms with van der Waals surface area (Å²) in [6, 6.07) is 11.4. The van der Waals surface area contributed by atoms with Crippen LogP contribution in [0.2, 0.25) is 0 Å². The van der Waals surface area contributed by atoms with Crippen molar-refractivity contribution >= 4 is 12.1 Å². The topological polar surface area (TPSA) is 84.9 Å². The number of carbonyl (C=O) groups excluding carboxylic acids is 1. The van der Waals surface area contributed by atoms with Crippen molar-refractivity contribution in [1.29, 1.82) is 0 Å². The summed E-state index contributed by atoms with van der Waals surface area (Å²) in [6.07, 6.45) is 1.52. The molecule has 164 valence electrons. The van der Waals surface area contributed by atoms with E-state index >= 15 is 0 Å². The number of hydrogen-bond donors (Lipinski definition) is 1. The molecule has 0 saturated heterocycles. The van der Waals surface area contributed by atoms with Crippen molar-refractivity contribution in [3.8, 4) is 34.1 Å². The Labute approximate surface area is 182 Å². The average Bonchev–Trinajstić information content (AvgIpc) is 3.05. The second-order valence-electron chi connectivity index (χ2n) is 7.05. The van der Waals surface area contributed by atoms with E-state index in [1.54, 1.807) is 28.4 Å². The summed E-state index contributed by atoms with van der Waals surface area (Å²) < 4.78 is 23.3. The maximum Gasteiger partial charge on any atom is 0.166 e. The van der Waals surface area contributed by atoms with Crippen molar-refractivity contribution in [2.45, 2.75) is 19.9 Å². The van der Waals surface area contributed by atoms with Gasteiger partial charge >= 0.3 is 0 Å². The van der Waals surface area contributed by atoms with E-state index in [4.69, 9.17) is 24.7 Å². The van der Waals surface area contributed by atoms with Crippen molar-refractivity contribution in [1.82, 2.24) is 4.57 Å². The molecule has 0 aliphatic carbocycles. The van der Waals surface area contributed by atoms with Crippen LogP contribution in [0.4, 0.5) is 5.82 Å². The Morgan fingerprint density at radius 3 is 2.03 bits per heavy atom. The third-order valence-electron chi connectivity index (χ3n) is 5.45. The van der Waals surface area contributed by atoms with Gasteiger partial charge in [-0.05, 0) is 54.3 Å². The Hall–Kier alpha value is -3.61. The van der Waals surface area contributed by atoms with Crippen LogP contribution in [0.3, 0.4) is 0 Å². The Morgan fingerprint density at radius 1 is 0.871 bits per heavy atom. The number of rotatable bonds is 9. The van der Waals surface area contributed by atoms with E-state index in [0.29, 0.717) is 47.5 Å². The number of aldehydes is 1. The molecule has 0 unspecified atom stereocenters. The summed E-state index contributed by atoms with van der Waals surface area (Å²) in [5.74, 6) is 3.10. The molecule has 0 spiro atoms. The number of methoxy groups -OCH3 is 4. The van der Waals surface area contributed by atoms with E-state index in [1.165, 1.54) is 0 Å². The molecule has 0 saturated carbocycles. The minimum absolute atomic E-state index is 0.535. The molecule has 0 aliphatic heterocycles. The van der Waals surface area contributed by atoms with Gasteiger partial charge in [0.2, 0.25) is 0 Å². The number of nitrogen functional groups attached to an aromatic ring is 1. The van der Waals surface area contributed by atoms with Crippen LogP contribution in [0.15, 0.2) is 36.4 Å². The highest BCUT2D eigenvalue weighted by Gasteiger charge is 2.20. The molecule has 0 amide bonds. The summed E-state index contributed by atoms with van der Waals surface area (Å²) in [5.41, 5.74) is 10.6. The summed E-state index contributed by atoms with van der Waals surface area (Å²) >= 11 is 0. The van der Waals surface area contributed by atoms with Crippen LogP contribution in [0.1, 0.15) is 21.6 Å². The van der Waals surface area contributed by atoms with Crippen LogP contribution in [0, 0.1) is 6.92 Å². The third kappa shape index (κ3) is 4.17. The first kappa shape index (κ1) is 22.1. The highest BCUT2D eigenvalue weighted by Crippen LogP contribution is 2.38. The second-order valence-corrected chi connectivity index (χ2v) is 7.05. The van der Waals surface area contributed by atoms with Crippen molar-refractivity contribution < 1.29 is 23.7 Å². The largest absolute Gasteiger partial charge is 0.493 e. The Balaban J connectivity index is 1.97. The maximum absolute atomic E-state index is 11.9. The van der Waals surface area contributed by atoms with E-state index in [2.05, 4.69) is 0 Å². The lowest BCUT2D eigenvalue weighted by molar-refractivity contribution is 0.111. The molecule has 1 aromatic heterocycles. The van der Waals surface area contributed by atoms with Gasteiger partial charge in [0.15, 0.2) is 29.3 Å². The lowest BCUT2D eigenvalue weighted by Gasteiger charge is -2.12. The fraction of sp³-hybridized carbons (Fsp3) is 0.292. The highest BCUT2D eigenvalue weighted by atomic mass is 16.5. The van der Waals surface area contributed by atoms with E-state index < -0.39 is 0 Å². The molecule has 31 heavy (non-hydrogen) atoms. The van der Waals surface area contributed by atoms with Crippen LogP contribution in [0.25, 0.3) is 11.1 Å². The van der Waals surface area contributed by atoms with Crippen LogP contribution < -0.4 is 24.7 Å². The van der Waals surface area contributed by atoms with Gasteiger partial charge in [-0.1, -0.05) is 12.1 Å². The third-order valence-corrected chi connectivity index (χ3v) is 5.45. The summed E-state index contributed by atoms with van der Waals surface area (Å²) in [4.78, 5) is 11.9. The van der Waals surface area contributed by atoms with Crippen LogP contribution in [-0.2, 0) is 13.0 Å². The molecule has 0 atom stereocenters. The van der Waals surface area contributed by atoms with E-state index in [0.717, 1.165) is 28.5 Å². The number of aromatic nitrogens is 1. The fourth-order valence-electron chi connectivity index (χ4n) is 3.81. The Bertz CT molecular complexity index is 1090. The van der Waals surface area contributed by atoms with E-state index in [1.807, 2.05) is 47.9 Å². The maximum atomic E-state index is 11.9. The van der Waals surface area contributed by atoms with Crippen LogP contribution >= 0.6 is 0 Å². The SMILES string of the molecule is COc1ccc(CCn2c(N)c(-c3ccc(OC)c(OC)c3)c(C)c2C=O)cc1OC. The normalized spacial score (nSPS) is 10.6. The number of nitrogens with two attached hydrogens (primary N) is 1. The second kappa shape index (κ2) is 9.47. The smallest absolute Gasteiger partial charge is 0.166 e. The highest BCUT2D eigenvalue weighted by molar-refractivity contribution is 5.89. The quantitative estimate of drug-likeness (QED) is 0.520. The first-order valence-corrected chi connectivity index (χ1v) is 9.86. The van der Waals surface area contributed by atoms with Gasteiger partial charge in [-0.3, -0.25) is 4.79 Å². The van der Waals surface area contributed by atoms with Crippen molar-refractivity contribution in [3.05, 3.63) is 53.2 Å². The summed E-state index contributed by atoms with van der Waals surface area (Å²) in [5, 5.41) is 0. The standard InChI is InChI=1S/C24H28N2O5/c1-15-18(14-27)26(11-10-16-6-8-19(28-2)21(12-16)30-4)24(25)23(15)17-7-9-20(29-3)22(13-17)31-5/h6-9,12-14H,10-11,25H2,1-5H3. The number of ether oxygens (including phenoxy) is 4. The zero-order valence-electron chi connectivity index (χ0n) is 18.5. The Morgan fingerprint density at radius 2 is 1.45 bits per heavy atom. The molecule has 2 N–H and O–H groups in total. The Kier molecular flexibility index (Phi) is 6.74. The van der Waals surface area contributed by atoms with Gasteiger partial charge in [0.25, 0.3) is 0 Å². The number of anilines is 1. The van der Waals surface area contributed by atoms with Crippen LogP contribution in [0.5, 0.6) is 23.0 Å². The summed E-state index contributed by atoms with van der Waals surface area (Å²) in [7, 11) is 6.39. The molecule has 0 radical (unpaired) electrons. The lowest BCUT2D eigenvalue weighted by atomic mass is 10.0. The average molecular weight is 424 g/mol. The molecule has 3 aromatic rings.